The second-order valence-corrected chi connectivity index (χ2v) is 5.61. The molecule has 6 heteroatoms. The van der Waals surface area contributed by atoms with Gasteiger partial charge in [0, 0.05) is 13.1 Å². The number of hydrogen-bond acceptors (Lipinski definition) is 5. The summed E-state index contributed by atoms with van der Waals surface area (Å²) >= 11 is 1.30. The third-order valence-electron chi connectivity index (χ3n) is 2.95. The van der Waals surface area contributed by atoms with E-state index in [1.54, 1.807) is 17.9 Å². The predicted octanol–water partition coefficient (Wildman–Crippen LogP) is 2.64. The van der Waals surface area contributed by atoms with Gasteiger partial charge in [-0.2, -0.15) is 0 Å². The Morgan fingerprint density at radius 2 is 2.29 bits per heavy atom. The topological polar surface area (TPSA) is 66.6 Å². The summed E-state index contributed by atoms with van der Waals surface area (Å²) in [6.07, 6.45) is 1.64. The van der Waals surface area contributed by atoms with Gasteiger partial charge in [0.25, 0.3) is 5.91 Å². The number of furan rings is 1. The molecular formula is C15H18N2O3S. The van der Waals surface area contributed by atoms with E-state index in [9.17, 15) is 4.79 Å². The van der Waals surface area contributed by atoms with Gasteiger partial charge in [0.05, 0.1) is 12.3 Å². The zero-order valence-corrected chi connectivity index (χ0v) is 12.9. The van der Waals surface area contributed by atoms with Gasteiger partial charge in [-0.3, -0.25) is 4.79 Å². The van der Waals surface area contributed by atoms with Crippen molar-refractivity contribution >= 4 is 17.2 Å². The molecule has 21 heavy (non-hydrogen) atoms. The average molecular weight is 306 g/mol. The fourth-order valence-corrected chi connectivity index (χ4v) is 2.94. The number of hydrogen-bond donors (Lipinski definition) is 1. The van der Waals surface area contributed by atoms with E-state index >= 15 is 0 Å². The van der Waals surface area contributed by atoms with Crippen LogP contribution in [0.4, 0.5) is 0 Å². The van der Waals surface area contributed by atoms with Crippen molar-refractivity contribution in [2.75, 3.05) is 19.7 Å². The number of rotatable bonds is 6. The van der Waals surface area contributed by atoms with Crippen LogP contribution in [-0.4, -0.2) is 40.6 Å². The monoisotopic (exact) mass is 306 g/mol. The van der Waals surface area contributed by atoms with Crippen molar-refractivity contribution in [1.82, 2.24) is 9.88 Å². The molecule has 0 aliphatic rings. The van der Waals surface area contributed by atoms with Gasteiger partial charge in [0.2, 0.25) is 0 Å². The van der Waals surface area contributed by atoms with Crippen LogP contribution in [0.15, 0.2) is 29.2 Å². The summed E-state index contributed by atoms with van der Waals surface area (Å²) in [6.45, 7) is 7.89. The van der Waals surface area contributed by atoms with E-state index in [0.29, 0.717) is 27.9 Å². The SMILES string of the molecule is C=CCN(CCO)C(=O)c1sc(-c2ccc(C)o2)nc1C. The Bertz CT molecular complexity index is 645. The largest absolute Gasteiger partial charge is 0.459 e. The van der Waals surface area contributed by atoms with E-state index < -0.39 is 0 Å². The third kappa shape index (κ3) is 3.40. The second kappa shape index (κ2) is 6.69. The van der Waals surface area contributed by atoms with Crippen molar-refractivity contribution in [2.45, 2.75) is 13.8 Å². The van der Waals surface area contributed by atoms with Crippen molar-refractivity contribution < 1.29 is 14.3 Å². The van der Waals surface area contributed by atoms with E-state index in [2.05, 4.69) is 11.6 Å². The van der Waals surface area contributed by atoms with Crippen LogP contribution in [0.1, 0.15) is 21.1 Å². The van der Waals surface area contributed by atoms with Crippen LogP contribution in [-0.2, 0) is 0 Å². The molecule has 1 N–H and O–H groups in total. The molecule has 0 aliphatic heterocycles. The average Bonchev–Trinajstić information content (AvgIpc) is 3.04. The predicted molar refractivity (Wildman–Crippen MR) is 82.5 cm³/mol. The fourth-order valence-electron chi connectivity index (χ4n) is 1.95. The maximum absolute atomic E-state index is 12.5. The number of aryl methyl sites for hydroxylation is 2. The standard InChI is InChI=1S/C15H18N2O3S/c1-4-7-17(8-9-18)15(19)13-11(3)16-14(21-13)12-6-5-10(2)20-12/h4-6,18H,1,7-9H2,2-3H3. The lowest BCUT2D eigenvalue weighted by molar-refractivity contribution is 0.0746. The highest BCUT2D eigenvalue weighted by Gasteiger charge is 2.21. The lowest BCUT2D eigenvalue weighted by atomic mass is 10.3. The van der Waals surface area contributed by atoms with Crippen molar-refractivity contribution in [2.24, 2.45) is 0 Å². The van der Waals surface area contributed by atoms with Gasteiger partial charge in [-0.25, -0.2) is 4.98 Å². The van der Waals surface area contributed by atoms with Gasteiger partial charge in [-0.15, -0.1) is 17.9 Å². The summed E-state index contributed by atoms with van der Waals surface area (Å²) in [6, 6.07) is 3.71. The number of thiazole rings is 1. The highest BCUT2D eigenvalue weighted by Crippen LogP contribution is 2.30. The first kappa shape index (κ1) is 15.5. The van der Waals surface area contributed by atoms with Crippen molar-refractivity contribution in [1.29, 1.82) is 0 Å². The van der Waals surface area contributed by atoms with E-state index in [-0.39, 0.29) is 19.1 Å². The number of carbonyl (C=O) groups is 1. The molecule has 0 saturated carbocycles. The first-order valence-electron chi connectivity index (χ1n) is 6.62. The number of carbonyl (C=O) groups excluding carboxylic acids is 1. The Labute approximate surface area is 127 Å². The molecule has 2 heterocycles. The molecule has 5 nitrogen and oxygen atoms in total. The van der Waals surface area contributed by atoms with E-state index in [1.165, 1.54) is 11.3 Å². The Morgan fingerprint density at radius 3 is 2.86 bits per heavy atom. The maximum Gasteiger partial charge on any atom is 0.266 e. The highest BCUT2D eigenvalue weighted by molar-refractivity contribution is 7.17. The molecule has 0 radical (unpaired) electrons. The van der Waals surface area contributed by atoms with Crippen LogP contribution in [0, 0.1) is 13.8 Å². The molecular weight excluding hydrogens is 288 g/mol. The molecule has 0 aliphatic carbocycles. The Hall–Kier alpha value is -1.92. The number of aromatic nitrogens is 1. The molecule has 0 fully saturated rings. The molecule has 1 amide bonds. The Morgan fingerprint density at radius 1 is 1.52 bits per heavy atom. The maximum atomic E-state index is 12.5. The first-order chi connectivity index (χ1) is 10.1. The number of amides is 1. The van der Waals surface area contributed by atoms with Crippen LogP contribution in [0.3, 0.4) is 0 Å². The molecule has 0 saturated heterocycles. The quantitative estimate of drug-likeness (QED) is 0.833. The second-order valence-electron chi connectivity index (χ2n) is 4.61. The fraction of sp³-hybridized carbons (Fsp3) is 0.333. The van der Waals surface area contributed by atoms with E-state index in [0.717, 1.165) is 5.76 Å². The van der Waals surface area contributed by atoms with Crippen LogP contribution < -0.4 is 0 Å². The van der Waals surface area contributed by atoms with Crippen molar-refractivity contribution in [3.8, 4) is 10.8 Å². The lowest BCUT2D eigenvalue weighted by Gasteiger charge is -2.19. The van der Waals surface area contributed by atoms with Crippen molar-refractivity contribution in [3.63, 3.8) is 0 Å². The Balaban J connectivity index is 2.29. The first-order valence-corrected chi connectivity index (χ1v) is 7.43. The highest BCUT2D eigenvalue weighted by atomic mass is 32.1. The molecule has 2 aromatic rings. The van der Waals surface area contributed by atoms with E-state index in [1.807, 2.05) is 19.1 Å². The van der Waals surface area contributed by atoms with Gasteiger partial charge in [0.1, 0.15) is 10.6 Å². The van der Waals surface area contributed by atoms with Gasteiger partial charge >= 0.3 is 0 Å². The van der Waals surface area contributed by atoms with E-state index in [4.69, 9.17) is 9.52 Å². The molecule has 0 aromatic carbocycles. The molecule has 112 valence electrons. The summed E-state index contributed by atoms with van der Waals surface area (Å²) < 4.78 is 5.54. The molecule has 0 unspecified atom stereocenters. The van der Waals surface area contributed by atoms with Gasteiger partial charge in [-0.05, 0) is 26.0 Å². The van der Waals surface area contributed by atoms with Crippen LogP contribution >= 0.6 is 11.3 Å². The van der Waals surface area contributed by atoms with Gasteiger partial charge in [-0.1, -0.05) is 6.08 Å². The lowest BCUT2D eigenvalue weighted by Crippen LogP contribution is -2.33. The minimum atomic E-state index is -0.145. The Kier molecular flexibility index (Phi) is 4.93. The van der Waals surface area contributed by atoms with Crippen molar-refractivity contribution in [3.05, 3.63) is 41.1 Å². The number of aliphatic hydroxyl groups excluding tert-OH is 1. The normalized spacial score (nSPS) is 10.6. The van der Waals surface area contributed by atoms with Gasteiger partial charge in [0.15, 0.2) is 10.8 Å². The molecule has 0 bridgehead atoms. The zero-order valence-electron chi connectivity index (χ0n) is 12.1. The summed E-state index contributed by atoms with van der Waals surface area (Å²) in [5, 5.41) is 9.75. The summed E-state index contributed by atoms with van der Waals surface area (Å²) in [7, 11) is 0. The smallest absolute Gasteiger partial charge is 0.266 e. The summed E-state index contributed by atoms with van der Waals surface area (Å²) in [5.41, 5.74) is 0.668. The minimum absolute atomic E-state index is 0.0817. The third-order valence-corrected chi connectivity index (χ3v) is 4.11. The molecule has 0 spiro atoms. The minimum Gasteiger partial charge on any atom is -0.459 e. The van der Waals surface area contributed by atoms with Crippen LogP contribution in [0.5, 0.6) is 0 Å². The number of nitrogens with zero attached hydrogens (tertiary/aromatic N) is 2. The van der Waals surface area contributed by atoms with Crippen LogP contribution in [0.25, 0.3) is 10.8 Å². The number of aliphatic hydroxyl groups is 1. The molecule has 2 aromatic heterocycles. The van der Waals surface area contributed by atoms with Gasteiger partial charge < -0.3 is 14.4 Å². The summed E-state index contributed by atoms with van der Waals surface area (Å²) in [5.74, 6) is 1.32. The zero-order chi connectivity index (χ0) is 15.4. The summed E-state index contributed by atoms with van der Waals surface area (Å²) in [4.78, 5) is 19.0. The molecule has 2 rings (SSSR count). The molecule has 0 atom stereocenters. The van der Waals surface area contributed by atoms with Crippen LogP contribution in [0.2, 0.25) is 0 Å².